The summed E-state index contributed by atoms with van der Waals surface area (Å²) in [6, 6.07) is 22.2. The van der Waals surface area contributed by atoms with E-state index in [-0.39, 0.29) is 24.9 Å². The second-order valence-corrected chi connectivity index (χ2v) is 8.19. The number of nitrogens with one attached hydrogen (secondary N) is 2. The monoisotopic (exact) mass is 458 g/mol. The Morgan fingerprint density at radius 1 is 0.912 bits per heavy atom. The molecule has 4 rings (SSSR count). The normalized spacial score (nSPS) is 12.9. The van der Waals surface area contributed by atoms with Crippen molar-refractivity contribution in [2.45, 2.75) is 31.7 Å². The molecule has 7 heteroatoms. The first-order valence-electron chi connectivity index (χ1n) is 11.2. The third-order valence-corrected chi connectivity index (χ3v) is 5.95. The van der Waals surface area contributed by atoms with E-state index in [1.54, 1.807) is 31.2 Å². The van der Waals surface area contributed by atoms with E-state index in [0.717, 1.165) is 11.1 Å². The van der Waals surface area contributed by atoms with Crippen molar-refractivity contribution in [3.8, 4) is 11.1 Å². The minimum absolute atomic E-state index is 0.0169. The average molecular weight is 459 g/mol. The molecule has 3 aromatic rings. The lowest BCUT2D eigenvalue weighted by Gasteiger charge is -2.15. The number of amides is 2. The number of hydrogen-bond donors (Lipinski definition) is 3. The zero-order valence-corrected chi connectivity index (χ0v) is 18.8. The predicted octanol–water partition coefficient (Wildman–Crippen LogP) is 4.57. The molecule has 7 nitrogen and oxygen atoms in total. The number of ether oxygens (including phenoxy) is 1. The van der Waals surface area contributed by atoms with Crippen LogP contribution in [0.4, 0.5) is 10.5 Å². The van der Waals surface area contributed by atoms with E-state index < -0.39 is 18.1 Å². The van der Waals surface area contributed by atoms with Gasteiger partial charge in [-0.3, -0.25) is 10.1 Å². The smallest absolute Gasteiger partial charge is 0.411 e. The van der Waals surface area contributed by atoms with Crippen molar-refractivity contribution in [1.29, 1.82) is 0 Å². The summed E-state index contributed by atoms with van der Waals surface area (Å²) in [4.78, 5) is 35.5. The van der Waals surface area contributed by atoms with Crippen molar-refractivity contribution >= 4 is 23.7 Å². The Balaban J connectivity index is 1.32. The molecule has 3 N–H and O–H groups in total. The molecule has 1 aliphatic carbocycles. The van der Waals surface area contributed by atoms with Crippen LogP contribution in [0.1, 0.15) is 36.0 Å². The maximum atomic E-state index is 12.4. The molecular weight excluding hydrogens is 432 g/mol. The molecule has 174 valence electrons. The van der Waals surface area contributed by atoms with E-state index in [0.29, 0.717) is 17.7 Å². The zero-order chi connectivity index (χ0) is 24.1. The van der Waals surface area contributed by atoms with E-state index in [1.165, 1.54) is 11.1 Å². The minimum atomic E-state index is -1.06. The molecule has 0 spiro atoms. The van der Waals surface area contributed by atoms with Gasteiger partial charge in [0.2, 0.25) is 5.91 Å². The number of anilines is 1. The van der Waals surface area contributed by atoms with Gasteiger partial charge in [0.25, 0.3) is 0 Å². The van der Waals surface area contributed by atoms with Crippen LogP contribution in [-0.2, 0) is 20.7 Å². The number of carbonyl (C=O) groups is 3. The zero-order valence-electron chi connectivity index (χ0n) is 18.8. The minimum Gasteiger partial charge on any atom is -0.480 e. The molecule has 2 amide bonds. The second-order valence-electron chi connectivity index (χ2n) is 8.19. The fourth-order valence-corrected chi connectivity index (χ4v) is 4.23. The van der Waals surface area contributed by atoms with Crippen LogP contribution < -0.4 is 10.6 Å². The Morgan fingerprint density at radius 2 is 1.50 bits per heavy atom. The van der Waals surface area contributed by atoms with Crippen LogP contribution in [0, 0.1) is 0 Å². The van der Waals surface area contributed by atoms with E-state index in [9.17, 15) is 14.4 Å². The van der Waals surface area contributed by atoms with Crippen molar-refractivity contribution in [2.24, 2.45) is 0 Å². The second kappa shape index (κ2) is 10.2. The first-order valence-corrected chi connectivity index (χ1v) is 11.2. The third kappa shape index (κ3) is 5.09. The standard InChI is InChI=1S/C27H26N2O5/c1-2-24(26(31)32)29-25(30)15-17-11-13-18(14-12-17)28-27(33)34-16-23-21-9-5-3-7-19(21)20-8-4-6-10-22(20)23/h3-14,23-24H,2,15-16H2,1H3,(H,28,33)(H,29,30)(H,31,32)/t24-/m1/s1. The Hall–Kier alpha value is -4.13. The number of benzene rings is 3. The number of carboxylic acids is 1. The molecule has 3 aromatic carbocycles. The van der Waals surface area contributed by atoms with Crippen molar-refractivity contribution in [3.63, 3.8) is 0 Å². The van der Waals surface area contributed by atoms with Crippen LogP contribution in [0.5, 0.6) is 0 Å². The lowest BCUT2D eigenvalue weighted by Crippen LogP contribution is -2.40. The fourth-order valence-electron chi connectivity index (χ4n) is 4.23. The number of rotatable bonds is 8. The van der Waals surface area contributed by atoms with Gasteiger partial charge < -0.3 is 15.2 Å². The summed E-state index contributed by atoms with van der Waals surface area (Å²) in [5.41, 5.74) is 5.87. The van der Waals surface area contributed by atoms with Crippen LogP contribution in [0.25, 0.3) is 11.1 Å². The maximum absolute atomic E-state index is 12.4. The molecule has 0 saturated heterocycles. The number of fused-ring (bicyclic) bond motifs is 3. The molecule has 0 aromatic heterocycles. The van der Waals surface area contributed by atoms with Crippen molar-refractivity contribution in [2.75, 3.05) is 11.9 Å². The molecule has 0 radical (unpaired) electrons. The van der Waals surface area contributed by atoms with E-state index in [1.807, 2.05) is 24.3 Å². The van der Waals surface area contributed by atoms with E-state index in [2.05, 4.69) is 34.9 Å². The molecule has 1 aliphatic rings. The van der Waals surface area contributed by atoms with Crippen LogP contribution in [-0.4, -0.2) is 35.7 Å². The molecule has 0 fully saturated rings. The predicted molar refractivity (Wildman–Crippen MR) is 129 cm³/mol. The van der Waals surface area contributed by atoms with Crippen LogP contribution >= 0.6 is 0 Å². The Bertz CT molecular complexity index is 1160. The Labute approximate surface area is 197 Å². The summed E-state index contributed by atoms with van der Waals surface area (Å²) >= 11 is 0. The topological polar surface area (TPSA) is 105 Å². The highest BCUT2D eigenvalue weighted by molar-refractivity contribution is 5.86. The molecule has 0 unspecified atom stereocenters. The summed E-state index contributed by atoms with van der Waals surface area (Å²) in [6.45, 7) is 1.92. The summed E-state index contributed by atoms with van der Waals surface area (Å²) in [5, 5.41) is 14.3. The number of carbonyl (C=O) groups excluding carboxylic acids is 2. The van der Waals surface area contributed by atoms with Crippen LogP contribution in [0.3, 0.4) is 0 Å². The Morgan fingerprint density at radius 3 is 2.06 bits per heavy atom. The summed E-state index contributed by atoms with van der Waals surface area (Å²) in [5.74, 6) is -1.44. The van der Waals surface area contributed by atoms with Gasteiger partial charge in [0.05, 0.1) is 6.42 Å². The van der Waals surface area contributed by atoms with Gasteiger partial charge in [-0.05, 0) is 46.4 Å². The molecule has 0 aliphatic heterocycles. The first kappa shape index (κ1) is 23.0. The largest absolute Gasteiger partial charge is 0.480 e. The fraction of sp³-hybridized carbons (Fsp3) is 0.222. The molecule has 0 heterocycles. The summed E-state index contributed by atoms with van der Waals surface area (Å²) < 4.78 is 5.55. The first-order chi connectivity index (χ1) is 16.5. The highest BCUT2D eigenvalue weighted by atomic mass is 16.5. The average Bonchev–Trinajstić information content (AvgIpc) is 3.16. The van der Waals surface area contributed by atoms with E-state index >= 15 is 0 Å². The van der Waals surface area contributed by atoms with Crippen LogP contribution in [0.15, 0.2) is 72.8 Å². The van der Waals surface area contributed by atoms with Crippen molar-refractivity contribution < 1.29 is 24.2 Å². The summed E-state index contributed by atoms with van der Waals surface area (Å²) in [7, 11) is 0. The maximum Gasteiger partial charge on any atom is 0.411 e. The van der Waals surface area contributed by atoms with Gasteiger partial charge in [0.1, 0.15) is 12.6 Å². The van der Waals surface area contributed by atoms with Gasteiger partial charge in [0.15, 0.2) is 0 Å². The number of carboxylic acid groups (broad SMARTS) is 1. The number of hydrogen-bond acceptors (Lipinski definition) is 4. The van der Waals surface area contributed by atoms with Gasteiger partial charge in [-0.15, -0.1) is 0 Å². The molecule has 1 atom stereocenters. The van der Waals surface area contributed by atoms with Gasteiger partial charge in [-0.2, -0.15) is 0 Å². The molecule has 0 bridgehead atoms. The van der Waals surface area contributed by atoms with Gasteiger partial charge >= 0.3 is 12.1 Å². The van der Waals surface area contributed by atoms with Gasteiger partial charge in [0, 0.05) is 11.6 Å². The van der Waals surface area contributed by atoms with E-state index in [4.69, 9.17) is 9.84 Å². The van der Waals surface area contributed by atoms with Crippen molar-refractivity contribution in [3.05, 3.63) is 89.5 Å². The molecule has 34 heavy (non-hydrogen) atoms. The number of aliphatic carboxylic acids is 1. The van der Waals surface area contributed by atoms with Crippen molar-refractivity contribution in [1.82, 2.24) is 5.32 Å². The summed E-state index contributed by atoms with van der Waals surface area (Å²) in [6.07, 6.45) is -0.196. The van der Waals surface area contributed by atoms with Gasteiger partial charge in [-0.25, -0.2) is 9.59 Å². The highest BCUT2D eigenvalue weighted by Crippen LogP contribution is 2.44. The lowest BCUT2D eigenvalue weighted by atomic mass is 9.98. The molecule has 0 saturated carbocycles. The Kier molecular flexibility index (Phi) is 6.92. The SMILES string of the molecule is CC[C@@H](NC(=O)Cc1ccc(NC(=O)OCC2c3ccccc3-c3ccccc32)cc1)C(=O)O. The van der Waals surface area contributed by atoms with Gasteiger partial charge in [-0.1, -0.05) is 67.6 Å². The van der Waals surface area contributed by atoms with Crippen LogP contribution in [0.2, 0.25) is 0 Å². The highest BCUT2D eigenvalue weighted by Gasteiger charge is 2.29. The quantitative estimate of drug-likeness (QED) is 0.459. The molecular formula is C27H26N2O5. The third-order valence-electron chi connectivity index (χ3n) is 5.95. The lowest BCUT2D eigenvalue weighted by molar-refractivity contribution is -0.141.